The van der Waals surface area contributed by atoms with Crippen LogP contribution in [0.15, 0.2) is 0 Å². The van der Waals surface area contributed by atoms with Gasteiger partial charge in [-0.1, -0.05) is 13.8 Å². The number of aliphatic carboxylic acids is 1. The zero-order valence-corrected chi connectivity index (χ0v) is 11.9. The Kier molecular flexibility index (Phi) is 7.40. The molecule has 0 radical (unpaired) electrons. The molecule has 0 rings (SSSR count). The van der Waals surface area contributed by atoms with Crippen LogP contribution in [0.5, 0.6) is 0 Å². The number of carboxylic acids is 1. The maximum absolute atomic E-state index is 11.6. The molecule has 0 aliphatic rings. The lowest BCUT2D eigenvalue weighted by Crippen LogP contribution is -2.52. The van der Waals surface area contributed by atoms with Gasteiger partial charge in [-0.15, -0.1) is 0 Å². The Morgan fingerprint density at radius 3 is 2.37 bits per heavy atom. The van der Waals surface area contributed by atoms with Crippen LogP contribution in [0.2, 0.25) is 0 Å². The summed E-state index contributed by atoms with van der Waals surface area (Å²) in [6.45, 7) is 6.21. The van der Waals surface area contributed by atoms with Crippen LogP contribution in [0.1, 0.15) is 27.2 Å². The minimum Gasteiger partial charge on any atom is -0.480 e. The molecule has 0 aliphatic carbocycles. The molecule has 0 fully saturated rings. The summed E-state index contributed by atoms with van der Waals surface area (Å²) in [6.07, 6.45) is -0.396. The maximum atomic E-state index is 11.6. The highest BCUT2D eigenvalue weighted by Gasteiger charge is 2.26. The molecule has 0 saturated carbocycles. The number of urea groups is 1. The topological polar surface area (TPSA) is 108 Å². The van der Waals surface area contributed by atoms with E-state index >= 15 is 0 Å². The van der Waals surface area contributed by atoms with Crippen molar-refractivity contribution in [2.75, 3.05) is 20.3 Å². The number of methoxy groups -OCH3 is 1. The lowest BCUT2D eigenvalue weighted by atomic mass is 9.90. The van der Waals surface area contributed by atoms with Crippen LogP contribution in [0, 0.1) is 5.41 Å². The van der Waals surface area contributed by atoms with Gasteiger partial charge in [0, 0.05) is 20.3 Å². The van der Waals surface area contributed by atoms with E-state index < -0.39 is 24.1 Å². The van der Waals surface area contributed by atoms with Crippen LogP contribution in [0.25, 0.3) is 0 Å². The molecule has 0 bridgehead atoms. The van der Waals surface area contributed by atoms with Crippen molar-refractivity contribution < 1.29 is 24.5 Å². The van der Waals surface area contributed by atoms with E-state index in [-0.39, 0.29) is 5.41 Å². The van der Waals surface area contributed by atoms with Crippen LogP contribution < -0.4 is 10.6 Å². The first-order valence-electron chi connectivity index (χ1n) is 6.14. The van der Waals surface area contributed by atoms with Gasteiger partial charge >= 0.3 is 12.0 Å². The molecule has 0 spiro atoms. The predicted octanol–water partition coefficient (Wildman–Crippen LogP) is 0.182. The number of rotatable bonds is 8. The van der Waals surface area contributed by atoms with E-state index in [1.54, 1.807) is 7.11 Å². The van der Waals surface area contributed by atoms with E-state index in [0.29, 0.717) is 13.2 Å². The first-order chi connectivity index (χ1) is 8.69. The van der Waals surface area contributed by atoms with Crippen molar-refractivity contribution in [3.8, 4) is 0 Å². The smallest absolute Gasteiger partial charge is 0.328 e. The molecule has 0 heterocycles. The van der Waals surface area contributed by atoms with E-state index in [9.17, 15) is 14.7 Å². The molecular weight excluding hydrogens is 252 g/mol. The highest BCUT2D eigenvalue weighted by atomic mass is 16.5. The van der Waals surface area contributed by atoms with E-state index in [1.165, 1.54) is 6.92 Å². The minimum atomic E-state index is -1.32. The number of carbonyl (C=O) groups is 2. The Morgan fingerprint density at radius 1 is 1.37 bits per heavy atom. The molecule has 7 nitrogen and oxygen atoms in total. The first kappa shape index (κ1) is 17.7. The maximum Gasteiger partial charge on any atom is 0.328 e. The normalized spacial score (nSPS) is 14.6. The van der Waals surface area contributed by atoms with Crippen molar-refractivity contribution in [1.82, 2.24) is 10.6 Å². The highest BCUT2D eigenvalue weighted by molar-refractivity contribution is 5.82. The predicted molar refractivity (Wildman–Crippen MR) is 69.9 cm³/mol. The quantitative estimate of drug-likeness (QED) is 0.506. The summed E-state index contributed by atoms with van der Waals surface area (Å²) in [7, 11) is 1.61. The van der Waals surface area contributed by atoms with Gasteiger partial charge in [-0.25, -0.2) is 9.59 Å². The van der Waals surface area contributed by atoms with Gasteiger partial charge < -0.3 is 25.6 Å². The number of aliphatic hydroxyl groups is 1. The fraction of sp³-hybridized carbons (Fsp3) is 0.833. The van der Waals surface area contributed by atoms with Gasteiger partial charge in [0.1, 0.15) is 0 Å². The zero-order valence-electron chi connectivity index (χ0n) is 11.9. The molecule has 0 saturated heterocycles. The molecular formula is C12H24N2O5. The third-order valence-electron chi connectivity index (χ3n) is 2.75. The van der Waals surface area contributed by atoms with E-state index in [1.807, 2.05) is 13.8 Å². The molecule has 19 heavy (non-hydrogen) atoms. The molecule has 0 aromatic carbocycles. The van der Waals surface area contributed by atoms with Gasteiger partial charge in [-0.2, -0.15) is 0 Å². The number of carboxylic acid groups (broad SMARTS) is 1. The van der Waals surface area contributed by atoms with E-state index in [0.717, 1.165) is 6.42 Å². The molecule has 7 heteroatoms. The van der Waals surface area contributed by atoms with Gasteiger partial charge in [0.2, 0.25) is 0 Å². The third-order valence-corrected chi connectivity index (χ3v) is 2.75. The van der Waals surface area contributed by atoms with Crippen LogP contribution in [0.4, 0.5) is 4.79 Å². The van der Waals surface area contributed by atoms with Crippen molar-refractivity contribution in [3.63, 3.8) is 0 Å². The molecule has 2 atom stereocenters. The van der Waals surface area contributed by atoms with E-state index in [4.69, 9.17) is 9.84 Å². The Morgan fingerprint density at radius 2 is 1.95 bits per heavy atom. The van der Waals surface area contributed by atoms with Gasteiger partial charge in [-0.05, 0) is 18.8 Å². The summed E-state index contributed by atoms with van der Waals surface area (Å²) in [5, 5.41) is 22.9. The molecule has 0 aliphatic heterocycles. The van der Waals surface area contributed by atoms with Gasteiger partial charge in [0.15, 0.2) is 6.04 Å². The second kappa shape index (κ2) is 7.96. The van der Waals surface area contributed by atoms with Crippen LogP contribution in [-0.2, 0) is 9.53 Å². The number of aliphatic hydroxyl groups excluding tert-OH is 1. The Bertz CT molecular complexity index is 304. The van der Waals surface area contributed by atoms with Crippen molar-refractivity contribution in [1.29, 1.82) is 0 Å². The molecule has 0 aromatic rings. The molecule has 2 unspecified atom stereocenters. The monoisotopic (exact) mass is 276 g/mol. The second-order valence-electron chi connectivity index (χ2n) is 5.29. The van der Waals surface area contributed by atoms with Crippen molar-refractivity contribution in [3.05, 3.63) is 0 Å². The Hall–Kier alpha value is -1.34. The lowest BCUT2D eigenvalue weighted by Gasteiger charge is -2.25. The van der Waals surface area contributed by atoms with Gasteiger partial charge in [0.25, 0.3) is 0 Å². The molecule has 112 valence electrons. The zero-order chi connectivity index (χ0) is 15.1. The Labute approximate surface area is 113 Å². The molecule has 0 aromatic heterocycles. The van der Waals surface area contributed by atoms with Gasteiger partial charge in [0.05, 0.1) is 6.10 Å². The van der Waals surface area contributed by atoms with Crippen molar-refractivity contribution >= 4 is 12.0 Å². The first-order valence-corrected chi connectivity index (χ1v) is 6.14. The van der Waals surface area contributed by atoms with Gasteiger partial charge in [-0.3, -0.25) is 0 Å². The summed E-state index contributed by atoms with van der Waals surface area (Å²) in [5.41, 5.74) is -0.156. The minimum absolute atomic E-state index is 0.156. The number of ether oxygens (including phenoxy) is 1. The number of amides is 2. The van der Waals surface area contributed by atoms with Crippen LogP contribution >= 0.6 is 0 Å². The summed E-state index contributed by atoms with van der Waals surface area (Å²) in [6, 6.07) is -1.93. The Balaban J connectivity index is 4.20. The second-order valence-corrected chi connectivity index (χ2v) is 5.29. The number of hydrogen-bond donors (Lipinski definition) is 4. The van der Waals surface area contributed by atoms with E-state index in [2.05, 4.69) is 10.6 Å². The number of nitrogens with one attached hydrogen (secondary N) is 2. The summed E-state index contributed by atoms with van der Waals surface area (Å²) in [4.78, 5) is 22.4. The lowest BCUT2D eigenvalue weighted by molar-refractivity contribution is -0.141. The molecule has 2 amide bonds. The fourth-order valence-electron chi connectivity index (χ4n) is 1.37. The van der Waals surface area contributed by atoms with Crippen molar-refractivity contribution in [2.45, 2.75) is 39.3 Å². The van der Waals surface area contributed by atoms with Crippen LogP contribution in [-0.4, -0.2) is 54.6 Å². The fourth-order valence-corrected chi connectivity index (χ4v) is 1.37. The number of carbonyl (C=O) groups excluding carboxylic acids is 1. The highest BCUT2D eigenvalue weighted by Crippen LogP contribution is 2.18. The SMILES string of the molecule is COCCC(C)(C)CNC(=O)NC(C(=O)O)C(C)O. The summed E-state index contributed by atoms with van der Waals surface area (Å²) >= 11 is 0. The third kappa shape index (κ3) is 7.63. The summed E-state index contributed by atoms with van der Waals surface area (Å²) < 4.78 is 4.97. The average molecular weight is 276 g/mol. The molecule has 4 N–H and O–H groups in total. The van der Waals surface area contributed by atoms with Crippen LogP contribution in [0.3, 0.4) is 0 Å². The number of hydrogen-bond acceptors (Lipinski definition) is 4. The average Bonchev–Trinajstić information content (AvgIpc) is 2.30. The standard InChI is InChI=1S/C12H24N2O5/c1-8(15)9(10(16)17)14-11(18)13-7-12(2,3)5-6-19-4/h8-9,15H,5-7H2,1-4H3,(H,16,17)(H2,13,14,18). The summed E-state index contributed by atoms with van der Waals surface area (Å²) in [5.74, 6) is -1.27. The largest absolute Gasteiger partial charge is 0.480 e. The van der Waals surface area contributed by atoms with Crippen molar-refractivity contribution in [2.24, 2.45) is 5.41 Å².